The van der Waals surface area contributed by atoms with Crippen LogP contribution in [0.25, 0.3) is 21.5 Å². The molecule has 0 aliphatic rings. The number of rotatable bonds is 6. The molecule has 0 aliphatic carbocycles. The molecule has 1 aromatic carbocycles. The Morgan fingerprint density at radius 1 is 1.18 bits per heavy atom. The Morgan fingerprint density at radius 2 is 2.05 bits per heavy atom. The Hall–Kier alpha value is -1.78. The van der Waals surface area contributed by atoms with E-state index in [0.29, 0.717) is 0 Å². The standard InChI is InChI=1S/C18H22N2OS/c1-12-6-9-17(22-12)18-14(5-3-4-10-19)15-11-13(21-2)7-8-16(15)20-18/h6-9,11,20H,3-5,10,19H2,1-2H3. The number of aryl methyl sites for hydroxylation is 2. The highest BCUT2D eigenvalue weighted by Crippen LogP contribution is 2.36. The highest BCUT2D eigenvalue weighted by molar-refractivity contribution is 7.15. The third-order valence-corrected chi connectivity index (χ3v) is 5.00. The van der Waals surface area contributed by atoms with Gasteiger partial charge in [-0.3, -0.25) is 0 Å². The van der Waals surface area contributed by atoms with Gasteiger partial charge in [0.1, 0.15) is 5.75 Å². The second kappa shape index (κ2) is 6.55. The highest BCUT2D eigenvalue weighted by atomic mass is 32.1. The molecule has 3 N–H and O–H groups in total. The largest absolute Gasteiger partial charge is 0.497 e. The smallest absolute Gasteiger partial charge is 0.119 e. The van der Waals surface area contributed by atoms with Gasteiger partial charge >= 0.3 is 0 Å². The molecule has 2 heterocycles. The van der Waals surface area contributed by atoms with Crippen LogP contribution in [0.4, 0.5) is 0 Å². The van der Waals surface area contributed by atoms with Crippen LogP contribution in [0.5, 0.6) is 5.75 Å². The number of nitrogens with one attached hydrogen (secondary N) is 1. The summed E-state index contributed by atoms with van der Waals surface area (Å²) in [6, 6.07) is 10.6. The molecule has 0 spiro atoms. The molecule has 0 radical (unpaired) electrons. The third kappa shape index (κ3) is 2.89. The molecule has 0 atom stereocenters. The summed E-state index contributed by atoms with van der Waals surface area (Å²) in [7, 11) is 1.71. The van der Waals surface area contributed by atoms with Gasteiger partial charge in [-0.1, -0.05) is 0 Å². The fourth-order valence-electron chi connectivity index (χ4n) is 2.84. The Bertz CT molecular complexity index is 773. The minimum Gasteiger partial charge on any atom is -0.497 e. The van der Waals surface area contributed by atoms with Gasteiger partial charge in [0.25, 0.3) is 0 Å². The van der Waals surface area contributed by atoms with E-state index in [0.717, 1.165) is 31.6 Å². The number of hydrogen-bond donors (Lipinski definition) is 2. The molecule has 3 aromatic rings. The summed E-state index contributed by atoms with van der Waals surface area (Å²) in [5, 5.41) is 1.26. The quantitative estimate of drug-likeness (QED) is 0.658. The zero-order valence-corrected chi connectivity index (χ0v) is 13.9. The van der Waals surface area contributed by atoms with Crippen LogP contribution in [-0.2, 0) is 6.42 Å². The Morgan fingerprint density at radius 3 is 2.73 bits per heavy atom. The second-order valence-electron chi connectivity index (χ2n) is 5.55. The maximum atomic E-state index is 5.65. The Kier molecular flexibility index (Phi) is 4.50. The van der Waals surface area contributed by atoms with Gasteiger partial charge in [-0.05, 0) is 68.6 Å². The van der Waals surface area contributed by atoms with E-state index in [1.54, 1.807) is 7.11 Å². The van der Waals surface area contributed by atoms with Crippen molar-refractivity contribution >= 4 is 22.2 Å². The highest BCUT2D eigenvalue weighted by Gasteiger charge is 2.15. The molecular formula is C18H22N2OS. The summed E-state index contributed by atoms with van der Waals surface area (Å²) in [4.78, 5) is 6.23. The number of methoxy groups -OCH3 is 1. The van der Waals surface area contributed by atoms with Crippen LogP contribution in [0.2, 0.25) is 0 Å². The molecule has 2 aromatic heterocycles. The summed E-state index contributed by atoms with van der Waals surface area (Å²) >= 11 is 1.83. The van der Waals surface area contributed by atoms with Crippen LogP contribution in [0.3, 0.4) is 0 Å². The molecule has 3 rings (SSSR count). The Balaban J connectivity index is 2.10. The molecule has 0 fully saturated rings. The predicted molar refractivity (Wildman–Crippen MR) is 94.9 cm³/mol. The number of ether oxygens (including phenoxy) is 1. The maximum absolute atomic E-state index is 5.65. The van der Waals surface area contributed by atoms with Crippen molar-refractivity contribution in [3.63, 3.8) is 0 Å². The van der Waals surface area contributed by atoms with Crippen molar-refractivity contribution < 1.29 is 4.74 Å². The van der Waals surface area contributed by atoms with Crippen LogP contribution in [-0.4, -0.2) is 18.6 Å². The number of hydrogen-bond acceptors (Lipinski definition) is 3. The lowest BCUT2D eigenvalue weighted by atomic mass is 10.0. The van der Waals surface area contributed by atoms with Gasteiger partial charge in [-0.25, -0.2) is 0 Å². The van der Waals surface area contributed by atoms with Crippen molar-refractivity contribution in [1.82, 2.24) is 4.98 Å². The van der Waals surface area contributed by atoms with Crippen molar-refractivity contribution in [3.8, 4) is 16.3 Å². The first-order chi connectivity index (χ1) is 10.7. The van der Waals surface area contributed by atoms with Crippen LogP contribution >= 0.6 is 11.3 Å². The lowest BCUT2D eigenvalue weighted by Crippen LogP contribution is -1.99. The first-order valence-electron chi connectivity index (χ1n) is 7.68. The van der Waals surface area contributed by atoms with Crippen LogP contribution in [0.15, 0.2) is 30.3 Å². The van der Waals surface area contributed by atoms with E-state index in [1.165, 1.54) is 31.9 Å². The zero-order valence-electron chi connectivity index (χ0n) is 13.1. The normalized spacial score (nSPS) is 11.2. The minimum atomic E-state index is 0.749. The third-order valence-electron chi connectivity index (χ3n) is 3.98. The van der Waals surface area contributed by atoms with Gasteiger partial charge < -0.3 is 15.5 Å². The van der Waals surface area contributed by atoms with E-state index >= 15 is 0 Å². The van der Waals surface area contributed by atoms with E-state index < -0.39 is 0 Å². The van der Waals surface area contributed by atoms with Gasteiger partial charge in [0.15, 0.2) is 0 Å². The molecule has 0 saturated carbocycles. The number of nitrogens with two attached hydrogens (primary N) is 1. The first-order valence-corrected chi connectivity index (χ1v) is 8.50. The fraction of sp³-hybridized carbons (Fsp3) is 0.333. The average molecular weight is 314 g/mol. The number of H-pyrrole nitrogens is 1. The first kappa shape index (κ1) is 15.1. The summed E-state index contributed by atoms with van der Waals surface area (Å²) in [5.74, 6) is 0.903. The molecule has 0 amide bonds. The van der Waals surface area contributed by atoms with Gasteiger partial charge in [0.2, 0.25) is 0 Å². The van der Waals surface area contributed by atoms with E-state index in [9.17, 15) is 0 Å². The van der Waals surface area contributed by atoms with Crippen molar-refractivity contribution in [2.75, 3.05) is 13.7 Å². The number of thiophene rings is 1. The fourth-order valence-corrected chi connectivity index (χ4v) is 3.73. The summed E-state index contributed by atoms with van der Waals surface area (Å²) in [6.07, 6.45) is 3.20. The lowest BCUT2D eigenvalue weighted by Gasteiger charge is -2.04. The number of fused-ring (bicyclic) bond motifs is 1. The average Bonchev–Trinajstić information content (AvgIpc) is 3.11. The van der Waals surface area contributed by atoms with Gasteiger partial charge in [-0.2, -0.15) is 0 Å². The summed E-state index contributed by atoms with van der Waals surface area (Å²) in [6.45, 7) is 2.90. The van der Waals surface area contributed by atoms with Crippen LogP contribution in [0, 0.1) is 6.92 Å². The van der Waals surface area contributed by atoms with Gasteiger partial charge in [0, 0.05) is 15.8 Å². The molecule has 116 valence electrons. The summed E-state index contributed by atoms with van der Waals surface area (Å²) in [5.41, 5.74) is 9.45. The molecule has 0 bridgehead atoms. The second-order valence-corrected chi connectivity index (χ2v) is 6.83. The summed E-state index contributed by atoms with van der Waals surface area (Å²) < 4.78 is 5.39. The van der Waals surface area contributed by atoms with Crippen molar-refractivity contribution in [2.45, 2.75) is 26.2 Å². The molecule has 0 aliphatic heterocycles. The number of aromatic amines is 1. The molecular weight excluding hydrogens is 292 g/mol. The topological polar surface area (TPSA) is 51.0 Å². The van der Waals surface area contributed by atoms with Crippen LogP contribution < -0.4 is 10.5 Å². The molecule has 0 saturated heterocycles. The van der Waals surface area contributed by atoms with Gasteiger partial charge in [0.05, 0.1) is 17.7 Å². The van der Waals surface area contributed by atoms with Gasteiger partial charge in [-0.15, -0.1) is 11.3 Å². The van der Waals surface area contributed by atoms with Crippen LogP contribution in [0.1, 0.15) is 23.3 Å². The number of benzene rings is 1. The SMILES string of the molecule is COc1ccc2[nH]c(-c3ccc(C)s3)c(CCCCN)c2c1. The molecule has 3 nitrogen and oxygen atoms in total. The van der Waals surface area contributed by atoms with E-state index in [2.05, 4.69) is 36.2 Å². The van der Waals surface area contributed by atoms with Crippen molar-refractivity contribution in [1.29, 1.82) is 0 Å². The van der Waals surface area contributed by atoms with E-state index in [-0.39, 0.29) is 0 Å². The van der Waals surface area contributed by atoms with Crippen molar-refractivity contribution in [2.24, 2.45) is 5.73 Å². The predicted octanol–water partition coefficient (Wildman–Crippen LogP) is 4.49. The maximum Gasteiger partial charge on any atom is 0.119 e. The zero-order chi connectivity index (χ0) is 15.5. The monoisotopic (exact) mass is 314 g/mol. The van der Waals surface area contributed by atoms with Crippen molar-refractivity contribution in [3.05, 3.63) is 40.8 Å². The molecule has 0 unspecified atom stereocenters. The molecule has 4 heteroatoms. The van der Waals surface area contributed by atoms with E-state index in [4.69, 9.17) is 10.5 Å². The van der Waals surface area contributed by atoms with E-state index in [1.807, 2.05) is 17.4 Å². The lowest BCUT2D eigenvalue weighted by molar-refractivity contribution is 0.415. The minimum absolute atomic E-state index is 0.749. The number of unbranched alkanes of at least 4 members (excludes halogenated alkanes) is 1. The Labute approximate surface area is 135 Å². The number of aromatic nitrogens is 1. The molecule has 22 heavy (non-hydrogen) atoms.